The largest absolute Gasteiger partial charge is 0.479 e. The number of carboxylic acid groups (broad SMARTS) is 1. The summed E-state index contributed by atoms with van der Waals surface area (Å²) in [6, 6.07) is 7.12. The van der Waals surface area contributed by atoms with Gasteiger partial charge in [0, 0.05) is 0 Å². The van der Waals surface area contributed by atoms with Gasteiger partial charge in [0.1, 0.15) is 0 Å². The van der Waals surface area contributed by atoms with E-state index >= 15 is 0 Å². The predicted molar refractivity (Wildman–Crippen MR) is 109 cm³/mol. The molecule has 2 N–H and O–H groups in total. The minimum atomic E-state index is -1.13. The summed E-state index contributed by atoms with van der Waals surface area (Å²) in [6.07, 6.45) is 0.511. The normalized spacial score (nSPS) is 20.0. The SMILES string of the molecule is CCC[C@@H](NC(=O)N1C(=O)C(CC)(CC)C1O[C@@H](C)C(=O)O)c1ccc(C)cc1. The van der Waals surface area contributed by atoms with Crippen LogP contribution >= 0.6 is 0 Å². The van der Waals surface area contributed by atoms with E-state index in [1.807, 2.05) is 52.0 Å². The number of likely N-dealkylation sites (tertiary alicyclic amines) is 1. The van der Waals surface area contributed by atoms with Gasteiger partial charge in [0.2, 0.25) is 5.91 Å². The third-order valence-electron chi connectivity index (χ3n) is 5.87. The maximum absolute atomic E-state index is 13.0. The molecule has 0 spiro atoms. The number of hydrogen-bond acceptors (Lipinski definition) is 4. The first-order chi connectivity index (χ1) is 13.7. The summed E-state index contributed by atoms with van der Waals surface area (Å²) in [5.41, 5.74) is 1.22. The van der Waals surface area contributed by atoms with Gasteiger partial charge in [0.15, 0.2) is 12.3 Å². The lowest BCUT2D eigenvalue weighted by Crippen LogP contribution is -2.73. The number of benzene rings is 1. The fourth-order valence-corrected chi connectivity index (χ4v) is 3.80. The summed E-state index contributed by atoms with van der Waals surface area (Å²) in [4.78, 5) is 38.2. The first-order valence-corrected chi connectivity index (χ1v) is 10.3. The number of ether oxygens (including phenoxy) is 1. The second-order valence-corrected chi connectivity index (χ2v) is 7.71. The Hall–Kier alpha value is -2.41. The second kappa shape index (κ2) is 9.39. The number of amides is 3. The molecule has 7 heteroatoms. The lowest BCUT2D eigenvalue weighted by atomic mass is 9.72. The molecule has 1 aromatic rings. The van der Waals surface area contributed by atoms with E-state index < -0.39 is 29.7 Å². The number of β-lactam (4-membered cyclic amide) rings is 1. The molecule has 0 aliphatic carbocycles. The molecule has 1 saturated heterocycles. The summed E-state index contributed by atoms with van der Waals surface area (Å²) < 4.78 is 5.66. The van der Waals surface area contributed by atoms with Crippen LogP contribution in [0.4, 0.5) is 4.79 Å². The van der Waals surface area contributed by atoms with Gasteiger partial charge in [-0.1, -0.05) is 57.0 Å². The van der Waals surface area contributed by atoms with Crippen LogP contribution in [0.2, 0.25) is 0 Å². The molecule has 29 heavy (non-hydrogen) atoms. The number of rotatable bonds is 9. The fraction of sp³-hybridized carbons (Fsp3) is 0.591. The molecular weight excluding hydrogens is 372 g/mol. The van der Waals surface area contributed by atoms with Gasteiger partial charge in [-0.25, -0.2) is 14.5 Å². The van der Waals surface area contributed by atoms with Crippen molar-refractivity contribution >= 4 is 17.9 Å². The van der Waals surface area contributed by atoms with Crippen LogP contribution in [0.15, 0.2) is 24.3 Å². The Morgan fingerprint density at radius 3 is 2.28 bits per heavy atom. The molecule has 160 valence electrons. The van der Waals surface area contributed by atoms with Crippen LogP contribution in [0.1, 0.15) is 70.5 Å². The molecule has 0 aromatic heterocycles. The molecular formula is C22H32N2O5. The quantitative estimate of drug-likeness (QED) is 0.606. The molecule has 1 heterocycles. The van der Waals surface area contributed by atoms with Crippen molar-refractivity contribution in [2.24, 2.45) is 5.41 Å². The highest BCUT2D eigenvalue weighted by molar-refractivity contribution is 6.03. The molecule has 1 unspecified atom stereocenters. The smallest absolute Gasteiger partial charge is 0.332 e. The topological polar surface area (TPSA) is 95.9 Å². The highest BCUT2D eigenvalue weighted by Crippen LogP contribution is 2.46. The zero-order chi connectivity index (χ0) is 21.8. The Bertz CT molecular complexity index is 742. The van der Waals surface area contributed by atoms with Gasteiger partial charge in [-0.2, -0.15) is 0 Å². The Kier molecular flexibility index (Phi) is 7.41. The van der Waals surface area contributed by atoms with E-state index in [1.54, 1.807) is 0 Å². The van der Waals surface area contributed by atoms with Crippen LogP contribution in [0.25, 0.3) is 0 Å². The Morgan fingerprint density at radius 2 is 1.79 bits per heavy atom. The van der Waals surface area contributed by atoms with E-state index in [4.69, 9.17) is 4.74 Å². The van der Waals surface area contributed by atoms with E-state index in [9.17, 15) is 19.5 Å². The van der Waals surface area contributed by atoms with Crippen molar-refractivity contribution < 1.29 is 24.2 Å². The van der Waals surface area contributed by atoms with Crippen LogP contribution in [-0.2, 0) is 14.3 Å². The fourth-order valence-electron chi connectivity index (χ4n) is 3.80. The number of aliphatic carboxylic acids is 1. The molecule has 1 aliphatic heterocycles. The predicted octanol–water partition coefficient (Wildman–Crippen LogP) is 4.01. The number of nitrogens with one attached hydrogen (secondary N) is 1. The molecule has 1 fully saturated rings. The minimum Gasteiger partial charge on any atom is -0.479 e. The highest BCUT2D eigenvalue weighted by atomic mass is 16.5. The van der Waals surface area contributed by atoms with Crippen LogP contribution in [0.5, 0.6) is 0 Å². The number of carboxylic acids is 1. The monoisotopic (exact) mass is 404 g/mol. The van der Waals surface area contributed by atoms with Gasteiger partial charge >= 0.3 is 12.0 Å². The van der Waals surface area contributed by atoms with Gasteiger partial charge in [-0.3, -0.25) is 4.79 Å². The van der Waals surface area contributed by atoms with Crippen molar-refractivity contribution in [3.05, 3.63) is 35.4 Å². The van der Waals surface area contributed by atoms with E-state index in [0.717, 1.165) is 28.9 Å². The van der Waals surface area contributed by atoms with E-state index in [0.29, 0.717) is 12.8 Å². The van der Waals surface area contributed by atoms with Crippen molar-refractivity contribution in [3.63, 3.8) is 0 Å². The van der Waals surface area contributed by atoms with Gasteiger partial charge in [-0.05, 0) is 38.7 Å². The first-order valence-electron chi connectivity index (χ1n) is 10.3. The number of carbonyl (C=O) groups is 3. The van der Waals surface area contributed by atoms with Crippen LogP contribution in [0.3, 0.4) is 0 Å². The van der Waals surface area contributed by atoms with Crippen LogP contribution in [-0.4, -0.2) is 40.2 Å². The zero-order valence-electron chi connectivity index (χ0n) is 17.9. The molecule has 0 saturated carbocycles. The molecule has 3 atom stereocenters. The molecule has 0 radical (unpaired) electrons. The van der Waals surface area contributed by atoms with Gasteiger partial charge in [0.05, 0.1) is 11.5 Å². The number of imide groups is 1. The number of urea groups is 1. The van der Waals surface area contributed by atoms with Gasteiger partial charge in [0.25, 0.3) is 0 Å². The van der Waals surface area contributed by atoms with E-state index in [2.05, 4.69) is 5.32 Å². The standard InChI is InChI=1S/C22H32N2O5/c1-6-9-17(16-12-10-14(4)11-13-16)23-21(28)24-19(27)22(7-2,8-3)20(24)29-15(5)18(25)26/h10-13,15,17,20H,6-9H2,1-5H3,(H,23,28)(H,25,26)/t15-,17+,20?/m0/s1. The Morgan fingerprint density at radius 1 is 1.21 bits per heavy atom. The van der Waals surface area contributed by atoms with Crippen molar-refractivity contribution in [1.82, 2.24) is 10.2 Å². The van der Waals surface area contributed by atoms with E-state index in [-0.39, 0.29) is 11.9 Å². The first kappa shape index (κ1) is 22.9. The summed E-state index contributed by atoms with van der Waals surface area (Å²) in [7, 11) is 0. The number of carbonyl (C=O) groups excluding carboxylic acids is 2. The third kappa shape index (κ3) is 4.45. The minimum absolute atomic E-state index is 0.239. The van der Waals surface area contributed by atoms with Crippen molar-refractivity contribution in [2.75, 3.05) is 0 Å². The van der Waals surface area contributed by atoms with Crippen LogP contribution < -0.4 is 5.32 Å². The Balaban J connectivity index is 2.24. The summed E-state index contributed by atoms with van der Waals surface area (Å²) in [5, 5.41) is 12.2. The lowest BCUT2D eigenvalue weighted by molar-refractivity contribution is -0.223. The maximum Gasteiger partial charge on any atom is 0.332 e. The second-order valence-electron chi connectivity index (χ2n) is 7.71. The molecule has 0 bridgehead atoms. The molecule has 1 aliphatic rings. The van der Waals surface area contributed by atoms with E-state index in [1.165, 1.54) is 6.92 Å². The summed E-state index contributed by atoms with van der Waals surface area (Å²) in [6.45, 7) is 9.14. The van der Waals surface area contributed by atoms with Crippen molar-refractivity contribution in [1.29, 1.82) is 0 Å². The van der Waals surface area contributed by atoms with Crippen LogP contribution in [0, 0.1) is 12.3 Å². The molecule has 7 nitrogen and oxygen atoms in total. The maximum atomic E-state index is 13.0. The number of nitrogens with zero attached hydrogens (tertiary/aromatic N) is 1. The lowest BCUT2D eigenvalue weighted by Gasteiger charge is -2.54. The average molecular weight is 405 g/mol. The average Bonchev–Trinajstić information content (AvgIpc) is 2.69. The van der Waals surface area contributed by atoms with Crippen molar-refractivity contribution in [2.45, 2.75) is 78.7 Å². The number of hydrogen-bond donors (Lipinski definition) is 2. The summed E-state index contributed by atoms with van der Waals surface area (Å²) >= 11 is 0. The highest BCUT2D eigenvalue weighted by Gasteiger charge is 2.62. The molecule has 3 amide bonds. The number of aryl methyl sites for hydroxylation is 1. The van der Waals surface area contributed by atoms with Gasteiger partial charge in [-0.15, -0.1) is 0 Å². The third-order valence-corrected chi connectivity index (χ3v) is 5.87. The molecule has 2 rings (SSSR count). The zero-order valence-corrected chi connectivity index (χ0v) is 17.9. The summed E-state index contributed by atoms with van der Waals surface area (Å²) in [5.74, 6) is -1.45. The molecule has 1 aromatic carbocycles. The van der Waals surface area contributed by atoms with Gasteiger partial charge < -0.3 is 15.2 Å². The van der Waals surface area contributed by atoms with Crippen molar-refractivity contribution in [3.8, 4) is 0 Å². The Labute approximate surface area is 172 Å².